The molecule has 10 heteroatoms. The van der Waals surface area contributed by atoms with Gasteiger partial charge in [0.25, 0.3) is 0 Å². The second-order valence-electron chi connectivity index (χ2n) is 9.60. The summed E-state index contributed by atoms with van der Waals surface area (Å²) in [5.41, 5.74) is 8.39. The molecule has 2 heterocycles. The molecule has 0 spiro atoms. The number of hydrogen-bond acceptors (Lipinski definition) is 7. The maximum atomic E-state index is 12.7. The first-order valence-corrected chi connectivity index (χ1v) is 11.7. The Bertz CT molecular complexity index is 1240. The van der Waals surface area contributed by atoms with Gasteiger partial charge in [0.2, 0.25) is 10.0 Å². The van der Waals surface area contributed by atoms with Crippen LogP contribution in [-0.4, -0.2) is 35.8 Å². The molecule has 0 bridgehead atoms. The number of pyridine rings is 1. The highest BCUT2D eigenvalue weighted by atomic mass is 35.5. The van der Waals surface area contributed by atoms with Crippen molar-refractivity contribution in [1.82, 2.24) is 14.9 Å². The average molecular weight is 495 g/mol. The van der Waals surface area contributed by atoms with Gasteiger partial charge in [0.15, 0.2) is 5.76 Å². The van der Waals surface area contributed by atoms with Crippen LogP contribution in [0, 0.1) is 6.92 Å². The maximum absolute atomic E-state index is 12.7. The maximum Gasteiger partial charge on any atom is 0.240 e. The van der Waals surface area contributed by atoms with Crippen molar-refractivity contribution in [2.75, 3.05) is 12.3 Å². The lowest BCUT2D eigenvalue weighted by atomic mass is 9.92. The van der Waals surface area contributed by atoms with Crippen LogP contribution in [0.2, 0.25) is 0 Å². The lowest BCUT2D eigenvalue weighted by molar-refractivity contribution is 0.0857. The fourth-order valence-electron chi connectivity index (χ4n) is 3.01. The zero-order valence-corrected chi connectivity index (χ0v) is 21.3. The lowest BCUT2D eigenvalue weighted by Crippen LogP contribution is -2.38. The standard InChI is InChI=1S/C23H30N4O4S.ClH/c1-14-7-8-16(32(29,30)26-13-23(5,6)28)10-17(14)15-9-18(21(24)25-12-15)19-11-20(27-31-19)22(2,3)4;/h7-12,26,28H,13H2,1-6H3,(H2,24,25);1H. The van der Waals surface area contributed by atoms with Gasteiger partial charge in [-0.15, -0.1) is 12.4 Å². The Kier molecular flexibility index (Phi) is 7.65. The monoisotopic (exact) mass is 494 g/mol. The van der Waals surface area contributed by atoms with Crippen molar-refractivity contribution in [3.8, 4) is 22.5 Å². The first-order valence-electron chi connectivity index (χ1n) is 10.2. The summed E-state index contributed by atoms with van der Waals surface area (Å²) in [6.07, 6.45) is 1.60. The van der Waals surface area contributed by atoms with E-state index in [0.717, 1.165) is 11.3 Å². The third-order valence-electron chi connectivity index (χ3n) is 4.99. The third kappa shape index (κ3) is 6.32. The van der Waals surface area contributed by atoms with Crippen molar-refractivity contribution < 1.29 is 18.0 Å². The predicted octanol–water partition coefficient (Wildman–Crippen LogP) is 4.06. The lowest BCUT2D eigenvalue weighted by Gasteiger charge is -2.18. The van der Waals surface area contributed by atoms with E-state index in [4.69, 9.17) is 10.3 Å². The van der Waals surface area contributed by atoms with E-state index in [2.05, 4.69) is 14.9 Å². The van der Waals surface area contributed by atoms with Gasteiger partial charge >= 0.3 is 0 Å². The molecule has 2 aromatic heterocycles. The van der Waals surface area contributed by atoms with E-state index in [1.165, 1.54) is 19.9 Å². The van der Waals surface area contributed by atoms with Crippen molar-refractivity contribution in [3.63, 3.8) is 0 Å². The molecule has 1 aromatic carbocycles. The number of sulfonamides is 1. The van der Waals surface area contributed by atoms with E-state index >= 15 is 0 Å². The van der Waals surface area contributed by atoms with Gasteiger partial charge in [-0.3, -0.25) is 0 Å². The Hall–Kier alpha value is -2.46. The predicted molar refractivity (Wildman–Crippen MR) is 132 cm³/mol. The molecule has 180 valence electrons. The summed E-state index contributed by atoms with van der Waals surface area (Å²) in [5, 5.41) is 14.0. The zero-order chi connectivity index (χ0) is 23.9. The van der Waals surface area contributed by atoms with Gasteiger partial charge < -0.3 is 15.4 Å². The number of aliphatic hydroxyl groups is 1. The largest absolute Gasteiger partial charge is 0.389 e. The van der Waals surface area contributed by atoms with E-state index in [0.29, 0.717) is 28.3 Å². The fraction of sp³-hybridized carbons (Fsp3) is 0.391. The van der Waals surface area contributed by atoms with E-state index < -0.39 is 15.6 Å². The van der Waals surface area contributed by atoms with Crippen LogP contribution in [0.3, 0.4) is 0 Å². The number of nitrogens with zero attached hydrogens (tertiary/aromatic N) is 2. The van der Waals surface area contributed by atoms with Gasteiger partial charge in [-0.05, 0) is 50.1 Å². The molecule has 0 amide bonds. The molecular formula is C23H31ClN4O4S. The van der Waals surface area contributed by atoms with Crippen LogP contribution in [0.15, 0.2) is 45.9 Å². The number of nitrogens with two attached hydrogens (primary N) is 1. The van der Waals surface area contributed by atoms with E-state index in [-0.39, 0.29) is 29.3 Å². The molecule has 3 aromatic rings. The smallest absolute Gasteiger partial charge is 0.240 e. The first-order chi connectivity index (χ1) is 14.7. The van der Waals surface area contributed by atoms with Crippen molar-refractivity contribution in [2.45, 2.75) is 57.5 Å². The van der Waals surface area contributed by atoms with Crippen molar-refractivity contribution >= 4 is 28.2 Å². The zero-order valence-electron chi connectivity index (χ0n) is 19.6. The Morgan fingerprint density at radius 2 is 1.76 bits per heavy atom. The van der Waals surface area contributed by atoms with E-state index in [1.807, 2.05) is 39.8 Å². The molecule has 8 nitrogen and oxygen atoms in total. The highest BCUT2D eigenvalue weighted by molar-refractivity contribution is 7.89. The van der Waals surface area contributed by atoms with Crippen LogP contribution in [-0.2, 0) is 15.4 Å². The van der Waals surface area contributed by atoms with Crippen molar-refractivity contribution in [1.29, 1.82) is 0 Å². The SMILES string of the molecule is Cc1ccc(S(=O)(=O)NCC(C)(C)O)cc1-c1cnc(N)c(-c2cc(C(C)(C)C)no2)c1.Cl. The first kappa shape index (κ1) is 26.8. The van der Waals surface area contributed by atoms with Crippen LogP contribution in [0.1, 0.15) is 45.9 Å². The minimum Gasteiger partial charge on any atom is -0.389 e. The Morgan fingerprint density at radius 3 is 2.33 bits per heavy atom. The van der Waals surface area contributed by atoms with Crippen molar-refractivity contribution in [3.05, 3.63) is 47.8 Å². The highest BCUT2D eigenvalue weighted by Gasteiger charge is 2.23. The molecule has 0 atom stereocenters. The summed E-state index contributed by atoms with van der Waals surface area (Å²) in [6.45, 7) is 11.0. The number of hydrogen-bond donors (Lipinski definition) is 3. The van der Waals surface area contributed by atoms with E-state index in [9.17, 15) is 13.5 Å². The molecule has 0 unspecified atom stereocenters. The van der Waals surface area contributed by atoms with Crippen LogP contribution >= 0.6 is 12.4 Å². The summed E-state index contributed by atoms with van der Waals surface area (Å²) in [5.74, 6) is 0.786. The van der Waals surface area contributed by atoms with Gasteiger partial charge in [0.05, 0.1) is 21.8 Å². The van der Waals surface area contributed by atoms with Crippen LogP contribution < -0.4 is 10.5 Å². The summed E-state index contributed by atoms with van der Waals surface area (Å²) >= 11 is 0. The molecule has 0 aliphatic rings. The Balaban J connectivity index is 0.00000385. The second kappa shape index (κ2) is 9.42. The van der Waals surface area contributed by atoms with Crippen LogP contribution in [0.25, 0.3) is 22.5 Å². The molecule has 3 rings (SSSR count). The highest BCUT2D eigenvalue weighted by Crippen LogP contribution is 2.34. The molecule has 0 radical (unpaired) electrons. The number of aromatic nitrogens is 2. The number of halogens is 1. The number of benzene rings is 1. The van der Waals surface area contributed by atoms with Gasteiger partial charge in [0, 0.05) is 29.8 Å². The number of anilines is 1. The Morgan fingerprint density at radius 1 is 1.09 bits per heavy atom. The topological polar surface area (TPSA) is 131 Å². The molecule has 0 saturated heterocycles. The minimum atomic E-state index is -3.81. The van der Waals surface area contributed by atoms with Gasteiger partial charge in [-0.2, -0.15) is 0 Å². The molecule has 0 aliphatic heterocycles. The molecule has 0 saturated carbocycles. The minimum absolute atomic E-state index is 0. The van der Waals surface area contributed by atoms with Crippen molar-refractivity contribution in [2.24, 2.45) is 0 Å². The number of aryl methyl sites for hydroxylation is 1. The third-order valence-corrected chi connectivity index (χ3v) is 6.39. The quantitative estimate of drug-likeness (QED) is 0.470. The molecule has 4 N–H and O–H groups in total. The molecule has 33 heavy (non-hydrogen) atoms. The molecular weight excluding hydrogens is 464 g/mol. The van der Waals surface area contributed by atoms with E-state index in [1.54, 1.807) is 18.3 Å². The molecule has 0 fully saturated rings. The fourth-order valence-corrected chi connectivity index (χ4v) is 4.24. The van der Waals surface area contributed by atoms with Gasteiger partial charge in [0.1, 0.15) is 5.82 Å². The van der Waals surface area contributed by atoms with Gasteiger partial charge in [-0.25, -0.2) is 18.1 Å². The van der Waals surface area contributed by atoms with Crippen LogP contribution in [0.4, 0.5) is 5.82 Å². The summed E-state index contributed by atoms with van der Waals surface area (Å²) < 4.78 is 33.4. The van der Waals surface area contributed by atoms with Gasteiger partial charge in [-0.1, -0.05) is 32.0 Å². The normalized spacial score (nSPS) is 12.5. The number of rotatable bonds is 6. The average Bonchev–Trinajstić information content (AvgIpc) is 3.17. The summed E-state index contributed by atoms with van der Waals surface area (Å²) in [6, 6.07) is 8.50. The second-order valence-corrected chi connectivity index (χ2v) is 11.4. The number of nitrogens with one attached hydrogen (secondary N) is 1. The number of nitrogen functional groups attached to an aromatic ring is 1. The Labute approximate surface area is 201 Å². The summed E-state index contributed by atoms with van der Waals surface area (Å²) in [4.78, 5) is 4.39. The van der Waals surface area contributed by atoms with Crippen LogP contribution in [0.5, 0.6) is 0 Å². The summed E-state index contributed by atoms with van der Waals surface area (Å²) in [7, 11) is -3.81. The molecule has 0 aliphatic carbocycles.